The predicted molar refractivity (Wildman–Crippen MR) is 47.0 cm³/mol. The molecule has 0 saturated carbocycles. The molecule has 0 bridgehead atoms. The lowest BCUT2D eigenvalue weighted by Gasteiger charge is -1.94. The minimum absolute atomic E-state index is 0.0949. The SMILES string of the molecule is C/C=N\C(=N/CC)S(C)(=O)=O. The minimum atomic E-state index is -3.24. The Bertz CT molecular complexity index is 264. The van der Waals surface area contributed by atoms with Gasteiger partial charge < -0.3 is 0 Å². The first-order valence-corrected chi connectivity index (χ1v) is 5.14. The highest BCUT2D eigenvalue weighted by Crippen LogP contribution is 1.91. The van der Waals surface area contributed by atoms with Crippen LogP contribution in [0, 0.1) is 0 Å². The molecule has 0 radical (unpaired) electrons. The van der Waals surface area contributed by atoms with Gasteiger partial charge in [-0.2, -0.15) is 0 Å². The van der Waals surface area contributed by atoms with E-state index < -0.39 is 9.84 Å². The fraction of sp³-hybridized carbons (Fsp3) is 0.667. The van der Waals surface area contributed by atoms with Crippen LogP contribution in [0.3, 0.4) is 0 Å². The van der Waals surface area contributed by atoms with Crippen molar-refractivity contribution >= 4 is 21.2 Å². The zero-order chi connectivity index (χ0) is 8.91. The number of hydrogen-bond donors (Lipinski definition) is 0. The molecule has 11 heavy (non-hydrogen) atoms. The van der Waals surface area contributed by atoms with Crippen LogP contribution >= 0.6 is 0 Å². The summed E-state index contributed by atoms with van der Waals surface area (Å²) in [5.41, 5.74) is 0. The van der Waals surface area contributed by atoms with E-state index in [0.717, 1.165) is 6.26 Å². The molecule has 0 atom stereocenters. The molecule has 0 saturated heterocycles. The van der Waals surface area contributed by atoms with Gasteiger partial charge in [0.2, 0.25) is 15.0 Å². The standard InChI is InChI=1S/C6H12N2O2S/c1-4-7-6(8-5-2)11(3,9)10/h4H,5H2,1-3H3/b7-4-,8-6+. The summed E-state index contributed by atoms with van der Waals surface area (Å²) in [5, 5.41) is -0.0949. The summed E-state index contributed by atoms with van der Waals surface area (Å²) < 4.78 is 21.7. The average Bonchev–Trinajstić information content (AvgIpc) is 1.85. The first-order valence-electron chi connectivity index (χ1n) is 3.25. The summed E-state index contributed by atoms with van der Waals surface area (Å²) in [7, 11) is -3.24. The van der Waals surface area contributed by atoms with Crippen LogP contribution in [0.5, 0.6) is 0 Å². The number of amidine groups is 1. The molecule has 0 aromatic heterocycles. The van der Waals surface area contributed by atoms with Gasteiger partial charge in [-0.3, -0.25) is 4.99 Å². The quantitative estimate of drug-likeness (QED) is 0.431. The van der Waals surface area contributed by atoms with Crippen LogP contribution < -0.4 is 0 Å². The second-order valence-electron chi connectivity index (χ2n) is 1.92. The van der Waals surface area contributed by atoms with Gasteiger partial charge in [-0.25, -0.2) is 13.4 Å². The van der Waals surface area contributed by atoms with E-state index in [1.54, 1.807) is 13.8 Å². The Morgan fingerprint density at radius 3 is 2.36 bits per heavy atom. The summed E-state index contributed by atoms with van der Waals surface area (Å²) >= 11 is 0. The molecular formula is C6H12N2O2S. The number of aliphatic imine (C=N–C) groups is 2. The zero-order valence-corrected chi connectivity index (χ0v) is 7.72. The molecule has 0 aromatic carbocycles. The first-order chi connectivity index (χ1) is 5.02. The second-order valence-corrected chi connectivity index (χ2v) is 3.83. The van der Waals surface area contributed by atoms with Gasteiger partial charge in [-0.05, 0) is 13.8 Å². The third-order valence-corrected chi connectivity index (χ3v) is 1.76. The van der Waals surface area contributed by atoms with Crippen LogP contribution in [0.2, 0.25) is 0 Å². The third-order valence-electron chi connectivity index (χ3n) is 0.865. The van der Waals surface area contributed by atoms with Gasteiger partial charge >= 0.3 is 0 Å². The Kier molecular flexibility index (Phi) is 3.95. The van der Waals surface area contributed by atoms with E-state index in [-0.39, 0.29) is 5.17 Å². The molecule has 5 heteroatoms. The van der Waals surface area contributed by atoms with Crippen molar-refractivity contribution in [2.45, 2.75) is 13.8 Å². The lowest BCUT2D eigenvalue weighted by molar-refractivity contribution is 0.612. The molecule has 0 aromatic rings. The van der Waals surface area contributed by atoms with E-state index in [1.807, 2.05) is 0 Å². The van der Waals surface area contributed by atoms with Crippen molar-refractivity contribution in [2.75, 3.05) is 12.8 Å². The number of hydrogen-bond acceptors (Lipinski definition) is 3. The van der Waals surface area contributed by atoms with Crippen molar-refractivity contribution in [3.63, 3.8) is 0 Å². The topological polar surface area (TPSA) is 58.9 Å². The smallest absolute Gasteiger partial charge is 0.241 e. The van der Waals surface area contributed by atoms with Crippen LogP contribution in [-0.2, 0) is 9.84 Å². The third kappa shape index (κ3) is 3.87. The summed E-state index contributed by atoms with van der Waals surface area (Å²) in [6.45, 7) is 3.84. The summed E-state index contributed by atoms with van der Waals surface area (Å²) in [6, 6.07) is 0. The van der Waals surface area contributed by atoms with Crippen molar-refractivity contribution in [1.29, 1.82) is 0 Å². The average molecular weight is 176 g/mol. The molecule has 0 spiro atoms. The van der Waals surface area contributed by atoms with Crippen molar-refractivity contribution in [3.8, 4) is 0 Å². The highest BCUT2D eigenvalue weighted by Gasteiger charge is 2.09. The minimum Gasteiger partial charge on any atom is -0.257 e. The number of sulfone groups is 1. The molecule has 0 amide bonds. The van der Waals surface area contributed by atoms with E-state index >= 15 is 0 Å². The maximum absolute atomic E-state index is 10.9. The largest absolute Gasteiger partial charge is 0.257 e. The highest BCUT2D eigenvalue weighted by atomic mass is 32.2. The van der Waals surface area contributed by atoms with Gasteiger partial charge in [0.1, 0.15) is 0 Å². The van der Waals surface area contributed by atoms with Crippen molar-refractivity contribution in [2.24, 2.45) is 9.98 Å². The zero-order valence-electron chi connectivity index (χ0n) is 6.90. The van der Waals surface area contributed by atoms with Crippen molar-refractivity contribution < 1.29 is 8.42 Å². The molecule has 0 unspecified atom stereocenters. The molecule has 4 nitrogen and oxygen atoms in total. The summed E-state index contributed by atoms with van der Waals surface area (Å²) in [4.78, 5) is 7.34. The second kappa shape index (κ2) is 4.23. The van der Waals surface area contributed by atoms with Crippen LogP contribution in [0.1, 0.15) is 13.8 Å². The molecule has 0 heterocycles. The Morgan fingerprint density at radius 1 is 1.55 bits per heavy atom. The molecule has 0 aliphatic rings. The highest BCUT2D eigenvalue weighted by molar-refractivity contribution is 8.05. The Hall–Kier alpha value is -0.710. The van der Waals surface area contributed by atoms with Gasteiger partial charge in [0.15, 0.2) is 0 Å². The van der Waals surface area contributed by atoms with Gasteiger partial charge in [0, 0.05) is 19.0 Å². The number of rotatable bonds is 1. The summed E-state index contributed by atoms with van der Waals surface area (Å²) in [5.74, 6) is 0. The van der Waals surface area contributed by atoms with E-state index in [1.165, 1.54) is 6.21 Å². The van der Waals surface area contributed by atoms with E-state index in [0.29, 0.717) is 6.54 Å². The monoisotopic (exact) mass is 176 g/mol. The van der Waals surface area contributed by atoms with Crippen molar-refractivity contribution in [3.05, 3.63) is 0 Å². The van der Waals surface area contributed by atoms with Crippen LogP contribution in [0.4, 0.5) is 0 Å². The van der Waals surface area contributed by atoms with Gasteiger partial charge in [0.05, 0.1) is 0 Å². The van der Waals surface area contributed by atoms with E-state index in [2.05, 4.69) is 9.98 Å². The molecule has 0 rings (SSSR count). The maximum Gasteiger partial charge on any atom is 0.241 e. The van der Waals surface area contributed by atoms with Gasteiger partial charge in [-0.1, -0.05) is 0 Å². The van der Waals surface area contributed by atoms with E-state index in [4.69, 9.17) is 0 Å². The first kappa shape index (κ1) is 10.3. The molecular weight excluding hydrogens is 164 g/mol. The number of nitrogens with zero attached hydrogens (tertiary/aromatic N) is 2. The molecule has 0 fully saturated rings. The summed E-state index contributed by atoms with van der Waals surface area (Å²) in [6.07, 6.45) is 2.50. The normalized spacial score (nSPS) is 14.3. The predicted octanol–water partition coefficient (Wildman–Crippen LogP) is 0.498. The molecule has 0 aliphatic heterocycles. The lowest BCUT2D eigenvalue weighted by Crippen LogP contribution is -2.10. The van der Waals surface area contributed by atoms with Crippen LogP contribution in [0.15, 0.2) is 9.98 Å². The van der Waals surface area contributed by atoms with Crippen LogP contribution in [0.25, 0.3) is 0 Å². The fourth-order valence-electron chi connectivity index (χ4n) is 0.500. The fourth-order valence-corrected chi connectivity index (χ4v) is 1.16. The molecule has 64 valence electrons. The Labute approximate surface area is 67.0 Å². The lowest BCUT2D eigenvalue weighted by atomic mass is 10.8. The molecule has 0 aliphatic carbocycles. The maximum atomic E-state index is 10.9. The molecule has 0 N–H and O–H groups in total. The van der Waals surface area contributed by atoms with Crippen LogP contribution in [-0.4, -0.2) is 32.6 Å². The van der Waals surface area contributed by atoms with E-state index in [9.17, 15) is 8.42 Å². The van der Waals surface area contributed by atoms with Gasteiger partial charge in [0.25, 0.3) is 0 Å². The van der Waals surface area contributed by atoms with Crippen molar-refractivity contribution in [1.82, 2.24) is 0 Å². The van der Waals surface area contributed by atoms with Gasteiger partial charge in [-0.15, -0.1) is 0 Å². The Morgan fingerprint density at radius 2 is 2.09 bits per heavy atom. The Balaban J connectivity index is 4.78.